The van der Waals surface area contributed by atoms with E-state index in [1.807, 2.05) is 13.8 Å². The summed E-state index contributed by atoms with van der Waals surface area (Å²) in [5, 5.41) is 0. The summed E-state index contributed by atoms with van der Waals surface area (Å²) >= 11 is 16.0. The number of carbonyl (C=O) groups excluding carboxylic acids is 1. The number of aromatic amines is 1. The molecule has 0 aromatic carbocycles. The normalized spacial score (nSPS) is 10.2. The topological polar surface area (TPSA) is 32.9 Å². The summed E-state index contributed by atoms with van der Waals surface area (Å²) in [6, 6.07) is 3.20. The Morgan fingerprint density at radius 1 is 1.38 bits per heavy atom. The average Bonchev–Trinajstić information content (AvgIpc) is 2.57. The first-order valence-electron chi connectivity index (χ1n) is 3.77. The van der Waals surface area contributed by atoms with Gasteiger partial charge in [0.2, 0.25) is 5.78 Å². The first-order valence-corrected chi connectivity index (χ1v) is 4.90. The maximum atomic E-state index is 11.1. The Morgan fingerprint density at radius 2 is 1.92 bits per heavy atom. The van der Waals surface area contributed by atoms with Gasteiger partial charge in [0.1, 0.15) is 0 Å². The van der Waals surface area contributed by atoms with Gasteiger partial charge in [0.05, 0.1) is 5.69 Å². The van der Waals surface area contributed by atoms with Crippen LogP contribution in [0.4, 0.5) is 0 Å². The quantitative estimate of drug-likeness (QED) is 0.592. The molecule has 1 aromatic heterocycles. The van der Waals surface area contributed by atoms with Crippen molar-refractivity contribution in [3.05, 3.63) is 24.0 Å². The minimum Gasteiger partial charge on any atom is -0.359 e. The van der Waals surface area contributed by atoms with Crippen molar-refractivity contribution in [2.45, 2.75) is 17.6 Å². The van der Waals surface area contributed by atoms with Gasteiger partial charge in [-0.1, -0.05) is 48.7 Å². The molecule has 0 aliphatic carbocycles. The lowest BCUT2D eigenvalue weighted by atomic mass is 10.3. The molecule has 2 nitrogen and oxygen atoms in total. The zero-order chi connectivity index (χ0) is 10.5. The van der Waals surface area contributed by atoms with E-state index >= 15 is 0 Å². The van der Waals surface area contributed by atoms with Gasteiger partial charge in [0, 0.05) is 6.20 Å². The molecule has 1 aromatic rings. The van der Waals surface area contributed by atoms with Gasteiger partial charge in [-0.05, 0) is 12.1 Å². The Bertz CT molecular complexity index is 251. The number of halogens is 3. The second kappa shape index (κ2) is 5.53. The minimum atomic E-state index is -1.87. The molecule has 0 spiro atoms. The highest BCUT2D eigenvalue weighted by Gasteiger charge is 2.31. The summed E-state index contributed by atoms with van der Waals surface area (Å²) in [6.45, 7) is 4.00. The van der Waals surface area contributed by atoms with Gasteiger partial charge < -0.3 is 4.98 Å². The van der Waals surface area contributed by atoms with Crippen LogP contribution < -0.4 is 0 Å². The number of aromatic nitrogens is 1. The summed E-state index contributed by atoms with van der Waals surface area (Å²) in [5.74, 6) is -0.549. The first kappa shape index (κ1) is 12.8. The van der Waals surface area contributed by atoms with E-state index in [2.05, 4.69) is 4.98 Å². The van der Waals surface area contributed by atoms with Crippen molar-refractivity contribution in [3.8, 4) is 0 Å². The number of hydrogen-bond donors (Lipinski definition) is 1. The molecular formula is C8H10Cl3NO. The van der Waals surface area contributed by atoms with E-state index in [-0.39, 0.29) is 0 Å². The highest BCUT2D eigenvalue weighted by molar-refractivity contribution is 6.77. The maximum absolute atomic E-state index is 11.1. The van der Waals surface area contributed by atoms with E-state index in [9.17, 15) is 4.79 Å². The Kier molecular flexibility index (Phi) is 5.45. The zero-order valence-corrected chi connectivity index (χ0v) is 9.54. The van der Waals surface area contributed by atoms with Gasteiger partial charge in [0.25, 0.3) is 3.79 Å². The van der Waals surface area contributed by atoms with Crippen LogP contribution in [-0.2, 0) is 0 Å². The van der Waals surface area contributed by atoms with E-state index in [0.717, 1.165) is 0 Å². The van der Waals surface area contributed by atoms with Gasteiger partial charge in [-0.3, -0.25) is 4.79 Å². The highest BCUT2D eigenvalue weighted by atomic mass is 35.6. The molecular weight excluding hydrogens is 232 g/mol. The maximum Gasteiger partial charge on any atom is 0.254 e. The average molecular weight is 243 g/mol. The predicted octanol–water partition coefficient (Wildman–Crippen LogP) is 3.59. The molecule has 0 saturated heterocycles. The Balaban J connectivity index is 0.000000671. The van der Waals surface area contributed by atoms with Crippen molar-refractivity contribution in [3.63, 3.8) is 0 Å². The number of rotatable bonds is 1. The monoisotopic (exact) mass is 241 g/mol. The third kappa shape index (κ3) is 4.03. The number of carbonyl (C=O) groups is 1. The third-order valence-electron chi connectivity index (χ3n) is 1.10. The summed E-state index contributed by atoms with van der Waals surface area (Å²) in [6.07, 6.45) is 1.59. The number of H-pyrrole nitrogens is 1. The van der Waals surface area contributed by atoms with Gasteiger partial charge in [-0.2, -0.15) is 0 Å². The minimum absolute atomic E-state index is 0.296. The van der Waals surface area contributed by atoms with Crippen LogP contribution in [0.5, 0.6) is 0 Å². The molecule has 1 N–H and O–H groups in total. The van der Waals surface area contributed by atoms with Crippen LogP contribution in [0, 0.1) is 0 Å². The smallest absolute Gasteiger partial charge is 0.254 e. The van der Waals surface area contributed by atoms with Crippen LogP contribution in [0.15, 0.2) is 18.3 Å². The molecule has 13 heavy (non-hydrogen) atoms. The highest BCUT2D eigenvalue weighted by Crippen LogP contribution is 2.29. The fourth-order valence-electron chi connectivity index (χ4n) is 0.624. The molecule has 0 atom stereocenters. The molecule has 0 fully saturated rings. The number of hydrogen-bond acceptors (Lipinski definition) is 1. The fourth-order valence-corrected chi connectivity index (χ4v) is 0.930. The number of ketones is 1. The molecule has 0 saturated carbocycles. The van der Waals surface area contributed by atoms with Crippen molar-refractivity contribution in [1.29, 1.82) is 0 Å². The summed E-state index contributed by atoms with van der Waals surface area (Å²) in [7, 11) is 0. The van der Waals surface area contributed by atoms with Crippen LogP contribution in [0.1, 0.15) is 24.3 Å². The Morgan fingerprint density at radius 3 is 2.23 bits per heavy atom. The van der Waals surface area contributed by atoms with Crippen molar-refractivity contribution in [2.24, 2.45) is 0 Å². The summed E-state index contributed by atoms with van der Waals surface area (Å²) < 4.78 is -1.87. The van der Waals surface area contributed by atoms with Crippen molar-refractivity contribution in [2.75, 3.05) is 0 Å². The van der Waals surface area contributed by atoms with E-state index in [1.165, 1.54) is 0 Å². The van der Waals surface area contributed by atoms with Crippen LogP contribution >= 0.6 is 34.8 Å². The lowest BCUT2D eigenvalue weighted by molar-refractivity contribution is 0.0992. The van der Waals surface area contributed by atoms with Crippen molar-refractivity contribution >= 4 is 40.6 Å². The van der Waals surface area contributed by atoms with Crippen molar-refractivity contribution in [1.82, 2.24) is 4.98 Å². The van der Waals surface area contributed by atoms with Gasteiger partial charge >= 0.3 is 0 Å². The number of nitrogens with one attached hydrogen (secondary N) is 1. The number of Topliss-reactive ketones (excluding diaryl/α,β-unsaturated/α-hetero) is 1. The van der Waals surface area contributed by atoms with Gasteiger partial charge in [-0.25, -0.2) is 0 Å². The van der Waals surface area contributed by atoms with E-state index in [1.54, 1.807) is 18.3 Å². The summed E-state index contributed by atoms with van der Waals surface area (Å²) in [4.78, 5) is 13.7. The molecule has 0 radical (unpaired) electrons. The zero-order valence-electron chi connectivity index (χ0n) is 7.27. The van der Waals surface area contributed by atoms with Crippen molar-refractivity contribution < 1.29 is 4.79 Å². The Hall–Kier alpha value is -0.180. The van der Waals surface area contributed by atoms with Gasteiger partial charge in [0.15, 0.2) is 0 Å². The lowest BCUT2D eigenvalue weighted by Gasteiger charge is -2.06. The van der Waals surface area contributed by atoms with E-state index < -0.39 is 9.58 Å². The largest absolute Gasteiger partial charge is 0.359 e. The molecule has 5 heteroatoms. The lowest BCUT2D eigenvalue weighted by Crippen LogP contribution is -2.18. The molecule has 0 unspecified atom stereocenters. The molecule has 1 rings (SSSR count). The van der Waals surface area contributed by atoms with Crippen LogP contribution in [0.2, 0.25) is 0 Å². The summed E-state index contributed by atoms with van der Waals surface area (Å²) in [5.41, 5.74) is 0.296. The fraction of sp³-hybridized carbons (Fsp3) is 0.375. The third-order valence-corrected chi connectivity index (χ3v) is 1.61. The Labute approximate surface area is 92.2 Å². The van der Waals surface area contributed by atoms with E-state index in [0.29, 0.717) is 5.69 Å². The molecule has 1 heterocycles. The predicted molar refractivity (Wildman–Crippen MR) is 56.8 cm³/mol. The second-order valence-electron chi connectivity index (χ2n) is 1.91. The molecule has 0 aliphatic rings. The molecule has 0 aliphatic heterocycles. The first-order chi connectivity index (χ1) is 6.02. The van der Waals surface area contributed by atoms with Crippen LogP contribution in [0.25, 0.3) is 0 Å². The standard InChI is InChI=1S/C6H4Cl3NO.C2H6/c7-6(8,9)5(11)4-2-1-3-10-4;1-2/h1-3,10H;1-2H3. The molecule has 0 amide bonds. The van der Waals surface area contributed by atoms with Gasteiger partial charge in [-0.15, -0.1) is 0 Å². The SMILES string of the molecule is CC.O=C(c1ccc[nH]1)C(Cl)(Cl)Cl. The van der Waals surface area contributed by atoms with Crippen LogP contribution in [0.3, 0.4) is 0 Å². The molecule has 74 valence electrons. The second-order valence-corrected chi connectivity index (χ2v) is 4.19. The molecule has 0 bridgehead atoms. The van der Waals surface area contributed by atoms with Crippen LogP contribution in [-0.4, -0.2) is 14.6 Å². The van der Waals surface area contributed by atoms with E-state index in [4.69, 9.17) is 34.8 Å². The number of alkyl halides is 3.